The molecule has 0 aromatic heterocycles. The molecular formula is C15H24N2O2. The first-order valence-electron chi connectivity index (χ1n) is 6.47. The molecule has 0 spiro atoms. The lowest BCUT2D eigenvalue weighted by Crippen LogP contribution is -2.40. The summed E-state index contributed by atoms with van der Waals surface area (Å²) in [7, 11) is 0. The molecule has 4 nitrogen and oxygen atoms in total. The lowest BCUT2D eigenvalue weighted by Gasteiger charge is -2.20. The highest BCUT2D eigenvalue weighted by molar-refractivity contribution is 5.67. The van der Waals surface area contributed by atoms with E-state index < -0.39 is 11.7 Å². The minimum Gasteiger partial charge on any atom is -0.443 e. The van der Waals surface area contributed by atoms with Gasteiger partial charge in [0.1, 0.15) is 5.60 Å². The van der Waals surface area contributed by atoms with Crippen LogP contribution >= 0.6 is 0 Å². The molecule has 0 heterocycles. The minimum atomic E-state index is -0.485. The number of carbonyl (C=O) groups is 1. The lowest BCUT2D eigenvalue weighted by atomic mass is 10.0. The zero-order valence-corrected chi connectivity index (χ0v) is 12.7. The van der Waals surface area contributed by atoms with Crippen molar-refractivity contribution >= 4 is 6.09 Å². The minimum absolute atomic E-state index is 0.463. The molecule has 1 rings (SSSR count). The van der Waals surface area contributed by atoms with Crippen molar-refractivity contribution in [1.29, 1.82) is 0 Å². The fraction of sp³-hybridized carbons (Fsp3) is 0.533. The summed E-state index contributed by atoms with van der Waals surface area (Å²) in [6.45, 7) is 12.3. The van der Waals surface area contributed by atoms with Crippen molar-refractivity contribution in [1.82, 2.24) is 10.9 Å². The molecule has 106 valence electrons. The maximum atomic E-state index is 11.5. The van der Waals surface area contributed by atoms with Crippen molar-refractivity contribution in [3.05, 3.63) is 34.4 Å². The Labute approximate surface area is 115 Å². The monoisotopic (exact) mass is 264 g/mol. The van der Waals surface area contributed by atoms with Crippen molar-refractivity contribution in [2.75, 3.05) is 0 Å². The van der Waals surface area contributed by atoms with Crippen molar-refractivity contribution in [2.24, 2.45) is 0 Å². The van der Waals surface area contributed by atoms with Crippen LogP contribution in [0.3, 0.4) is 0 Å². The van der Waals surface area contributed by atoms with Gasteiger partial charge in [-0.25, -0.2) is 10.2 Å². The number of ether oxygens (including phenoxy) is 1. The van der Waals surface area contributed by atoms with E-state index in [4.69, 9.17) is 4.74 Å². The van der Waals surface area contributed by atoms with Gasteiger partial charge < -0.3 is 4.74 Å². The molecule has 0 aliphatic rings. The number of carbonyl (C=O) groups excluding carboxylic acids is 1. The lowest BCUT2D eigenvalue weighted by molar-refractivity contribution is 0.0497. The number of rotatable bonds is 3. The second kappa shape index (κ2) is 6.06. The molecule has 0 saturated carbocycles. The molecule has 0 aliphatic heterocycles. The highest BCUT2D eigenvalue weighted by Crippen LogP contribution is 2.15. The smallest absolute Gasteiger partial charge is 0.422 e. The molecule has 0 aliphatic carbocycles. The number of hydrogen-bond acceptors (Lipinski definition) is 3. The molecule has 0 fully saturated rings. The topological polar surface area (TPSA) is 50.4 Å². The molecule has 1 aromatic carbocycles. The number of benzene rings is 1. The molecule has 1 aromatic rings. The van der Waals surface area contributed by atoms with Crippen LogP contribution in [0.15, 0.2) is 12.1 Å². The summed E-state index contributed by atoms with van der Waals surface area (Å²) in [6, 6.07) is 4.27. The molecule has 0 bridgehead atoms. The van der Waals surface area contributed by atoms with E-state index in [0.29, 0.717) is 6.54 Å². The van der Waals surface area contributed by atoms with Crippen LogP contribution in [0.5, 0.6) is 0 Å². The molecule has 1 amide bonds. The Balaban J connectivity index is 2.52. The Morgan fingerprint density at radius 2 is 1.68 bits per heavy atom. The molecule has 2 N–H and O–H groups in total. The molecule has 19 heavy (non-hydrogen) atoms. The van der Waals surface area contributed by atoms with Gasteiger partial charge in [-0.2, -0.15) is 0 Å². The van der Waals surface area contributed by atoms with Crippen LogP contribution in [0, 0.1) is 20.8 Å². The average Bonchev–Trinajstić information content (AvgIpc) is 2.19. The second-order valence-corrected chi connectivity index (χ2v) is 5.86. The molecule has 0 saturated heterocycles. The highest BCUT2D eigenvalue weighted by Gasteiger charge is 2.15. The second-order valence-electron chi connectivity index (χ2n) is 5.86. The van der Waals surface area contributed by atoms with Gasteiger partial charge in [0, 0.05) is 6.54 Å². The number of aryl methyl sites for hydroxylation is 3. The normalized spacial score (nSPS) is 11.3. The van der Waals surface area contributed by atoms with Gasteiger partial charge in [0.2, 0.25) is 0 Å². The molecule has 0 unspecified atom stereocenters. The molecule has 0 radical (unpaired) electrons. The van der Waals surface area contributed by atoms with Crippen molar-refractivity contribution in [3.63, 3.8) is 0 Å². The van der Waals surface area contributed by atoms with Crippen LogP contribution in [-0.2, 0) is 11.3 Å². The summed E-state index contributed by atoms with van der Waals surface area (Å²) in [5, 5.41) is 0. The van der Waals surface area contributed by atoms with Crippen LogP contribution in [0.2, 0.25) is 0 Å². The van der Waals surface area contributed by atoms with Gasteiger partial charge in [-0.3, -0.25) is 5.43 Å². The van der Waals surface area contributed by atoms with Crippen molar-refractivity contribution < 1.29 is 9.53 Å². The van der Waals surface area contributed by atoms with E-state index in [0.717, 1.165) is 0 Å². The van der Waals surface area contributed by atoms with Crippen LogP contribution in [0.1, 0.15) is 43.0 Å². The zero-order valence-electron chi connectivity index (χ0n) is 12.7. The summed E-state index contributed by atoms with van der Waals surface area (Å²) in [4.78, 5) is 11.5. The van der Waals surface area contributed by atoms with Gasteiger partial charge in [0.25, 0.3) is 0 Å². The third kappa shape index (κ3) is 5.30. The van der Waals surface area contributed by atoms with Gasteiger partial charge in [-0.15, -0.1) is 0 Å². The molecular weight excluding hydrogens is 240 g/mol. The first-order valence-corrected chi connectivity index (χ1v) is 6.47. The van der Waals surface area contributed by atoms with Crippen molar-refractivity contribution in [3.8, 4) is 0 Å². The van der Waals surface area contributed by atoms with E-state index in [1.807, 2.05) is 20.8 Å². The average molecular weight is 264 g/mol. The van der Waals surface area contributed by atoms with Gasteiger partial charge in [-0.05, 0) is 58.2 Å². The first kappa shape index (κ1) is 15.5. The van der Waals surface area contributed by atoms with Crippen LogP contribution < -0.4 is 10.9 Å². The quantitative estimate of drug-likeness (QED) is 0.825. The van der Waals surface area contributed by atoms with E-state index in [-0.39, 0.29) is 0 Å². The number of nitrogens with one attached hydrogen (secondary N) is 2. The molecule has 0 atom stereocenters. The van der Waals surface area contributed by atoms with Gasteiger partial charge in [-0.1, -0.05) is 17.7 Å². The van der Waals surface area contributed by atoms with Gasteiger partial charge in [0.15, 0.2) is 0 Å². The highest BCUT2D eigenvalue weighted by atomic mass is 16.6. The predicted octanol–water partition coefficient (Wildman–Crippen LogP) is 3.14. The van der Waals surface area contributed by atoms with Crippen LogP contribution in [-0.4, -0.2) is 11.7 Å². The Hall–Kier alpha value is -1.55. The summed E-state index contributed by atoms with van der Waals surface area (Å²) in [5.74, 6) is 0. The Morgan fingerprint density at radius 1 is 1.16 bits per heavy atom. The van der Waals surface area contributed by atoms with E-state index in [9.17, 15) is 4.79 Å². The van der Waals surface area contributed by atoms with E-state index in [2.05, 4.69) is 43.8 Å². The molecule has 4 heteroatoms. The Morgan fingerprint density at radius 3 is 2.16 bits per heavy atom. The maximum Gasteiger partial charge on any atom is 0.422 e. The fourth-order valence-corrected chi connectivity index (χ4v) is 2.00. The van der Waals surface area contributed by atoms with Gasteiger partial charge >= 0.3 is 6.09 Å². The number of hydrogen-bond donors (Lipinski definition) is 2. The fourth-order valence-electron chi connectivity index (χ4n) is 2.00. The number of amides is 1. The van der Waals surface area contributed by atoms with Gasteiger partial charge in [0.05, 0.1) is 0 Å². The summed E-state index contributed by atoms with van der Waals surface area (Å²) < 4.78 is 5.14. The Kier molecular flexibility index (Phi) is 4.95. The third-order valence-electron chi connectivity index (χ3n) is 2.69. The summed E-state index contributed by atoms with van der Waals surface area (Å²) >= 11 is 0. The summed E-state index contributed by atoms with van der Waals surface area (Å²) in [6.07, 6.45) is -0.463. The Bertz CT molecular complexity index is 439. The first-order chi connectivity index (χ1) is 8.69. The van der Waals surface area contributed by atoms with E-state index >= 15 is 0 Å². The van der Waals surface area contributed by atoms with Crippen molar-refractivity contribution in [2.45, 2.75) is 53.7 Å². The van der Waals surface area contributed by atoms with E-state index in [1.165, 1.54) is 22.3 Å². The van der Waals surface area contributed by atoms with Crippen LogP contribution in [0.25, 0.3) is 0 Å². The maximum absolute atomic E-state index is 11.5. The van der Waals surface area contributed by atoms with E-state index in [1.54, 1.807) is 0 Å². The predicted molar refractivity (Wildman–Crippen MR) is 76.9 cm³/mol. The third-order valence-corrected chi connectivity index (χ3v) is 2.69. The standard InChI is InChI=1S/C15H24N2O2/c1-10-7-11(2)13(12(3)8-10)9-16-17-14(18)19-15(4,5)6/h7-8,16H,9H2,1-6H3,(H,17,18). The SMILES string of the molecule is Cc1cc(C)c(CNNC(=O)OC(C)(C)C)c(C)c1. The zero-order chi connectivity index (χ0) is 14.6. The summed E-state index contributed by atoms with van der Waals surface area (Å²) in [5.41, 5.74) is 9.84. The number of hydrazine groups is 1. The van der Waals surface area contributed by atoms with Crippen LogP contribution in [0.4, 0.5) is 4.79 Å². The largest absolute Gasteiger partial charge is 0.443 e.